The van der Waals surface area contributed by atoms with Crippen molar-refractivity contribution in [1.29, 1.82) is 0 Å². The molecule has 1 unspecified atom stereocenters. The van der Waals surface area contributed by atoms with E-state index in [0.717, 1.165) is 24.4 Å². The molecule has 0 saturated carbocycles. The van der Waals surface area contributed by atoms with Crippen molar-refractivity contribution in [2.24, 2.45) is 0 Å². The van der Waals surface area contributed by atoms with E-state index in [4.69, 9.17) is 0 Å². The number of nitrogens with one attached hydrogen (secondary N) is 1. The smallest absolute Gasteiger partial charge is 0.0950 e. The van der Waals surface area contributed by atoms with Crippen LogP contribution in [0.2, 0.25) is 0 Å². The van der Waals surface area contributed by atoms with Crippen LogP contribution in [0.1, 0.15) is 39.1 Å². The second-order valence-corrected chi connectivity index (χ2v) is 6.36. The van der Waals surface area contributed by atoms with Gasteiger partial charge in [-0.25, -0.2) is 4.98 Å². The maximum atomic E-state index is 4.61. The number of likely N-dealkylation sites (N-methyl/N-ethyl adjacent to an activating group) is 1. The fourth-order valence-electron chi connectivity index (χ4n) is 1.86. The molecule has 0 amide bonds. The van der Waals surface area contributed by atoms with Gasteiger partial charge in [0, 0.05) is 11.3 Å². The molecule has 0 saturated heterocycles. The van der Waals surface area contributed by atoms with Crippen LogP contribution in [0.5, 0.6) is 0 Å². The maximum Gasteiger partial charge on any atom is 0.0950 e. The second kappa shape index (κ2) is 5.86. The van der Waals surface area contributed by atoms with Crippen LogP contribution >= 0.6 is 22.9 Å². The molecule has 0 radical (unpaired) electrons. The van der Waals surface area contributed by atoms with E-state index in [1.165, 1.54) is 26.3 Å². The third kappa shape index (κ3) is 2.93. The first-order valence-corrected chi connectivity index (χ1v) is 7.66. The Morgan fingerprint density at radius 2 is 2.00 bits per heavy atom. The Kier molecular flexibility index (Phi) is 4.42. The van der Waals surface area contributed by atoms with Crippen LogP contribution in [-0.4, -0.2) is 21.1 Å². The number of aryl methyl sites for hydroxylation is 3. The van der Waals surface area contributed by atoms with Crippen molar-refractivity contribution < 1.29 is 0 Å². The summed E-state index contributed by atoms with van der Waals surface area (Å²) >= 11 is 3.27. The molecule has 2 aromatic rings. The van der Waals surface area contributed by atoms with Gasteiger partial charge >= 0.3 is 0 Å². The molecular weight excluding hydrogens is 264 g/mol. The van der Waals surface area contributed by atoms with Crippen LogP contribution in [-0.2, 0) is 6.42 Å². The van der Waals surface area contributed by atoms with Gasteiger partial charge in [-0.05, 0) is 38.8 Å². The van der Waals surface area contributed by atoms with E-state index in [2.05, 4.69) is 40.7 Å². The van der Waals surface area contributed by atoms with Gasteiger partial charge in [-0.15, -0.1) is 16.4 Å². The van der Waals surface area contributed by atoms with Crippen LogP contribution in [0.25, 0.3) is 0 Å². The molecule has 4 nitrogen and oxygen atoms in total. The number of nitrogens with zero attached hydrogens (tertiary/aromatic N) is 3. The molecule has 0 fully saturated rings. The zero-order valence-electron chi connectivity index (χ0n) is 11.1. The first kappa shape index (κ1) is 13.6. The number of aromatic nitrogens is 3. The molecule has 18 heavy (non-hydrogen) atoms. The zero-order chi connectivity index (χ0) is 13.1. The van der Waals surface area contributed by atoms with Crippen LogP contribution in [0.3, 0.4) is 0 Å². The van der Waals surface area contributed by atoms with E-state index in [9.17, 15) is 0 Å². The molecule has 6 heteroatoms. The molecular formula is C12H18N4S2. The van der Waals surface area contributed by atoms with Crippen LogP contribution in [0.4, 0.5) is 0 Å². The molecule has 1 atom stereocenters. The number of hydrogen-bond donors (Lipinski definition) is 1. The summed E-state index contributed by atoms with van der Waals surface area (Å²) in [4.78, 5) is 7.14. The summed E-state index contributed by atoms with van der Waals surface area (Å²) in [6.45, 7) is 9.26. The van der Waals surface area contributed by atoms with Crippen LogP contribution in [0.15, 0.2) is 0 Å². The summed E-state index contributed by atoms with van der Waals surface area (Å²) in [6, 6.07) is 0.278. The molecule has 0 aliphatic rings. The minimum Gasteiger partial charge on any atom is -0.309 e. The SMILES string of the molecule is CCNC(Cc1nc(C)c(C)s1)c1snnc1C. The molecule has 98 valence electrons. The second-order valence-electron chi connectivity index (χ2n) is 4.29. The van der Waals surface area contributed by atoms with Gasteiger partial charge in [-0.2, -0.15) is 0 Å². The van der Waals surface area contributed by atoms with Gasteiger partial charge in [0.15, 0.2) is 0 Å². The van der Waals surface area contributed by atoms with Gasteiger partial charge in [-0.3, -0.25) is 0 Å². The van der Waals surface area contributed by atoms with E-state index in [1.54, 1.807) is 11.3 Å². The Morgan fingerprint density at radius 1 is 1.22 bits per heavy atom. The van der Waals surface area contributed by atoms with E-state index in [-0.39, 0.29) is 6.04 Å². The molecule has 0 aliphatic heterocycles. The summed E-state index contributed by atoms with van der Waals surface area (Å²) in [5.74, 6) is 0. The molecule has 0 bridgehead atoms. The summed E-state index contributed by atoms with van der Waals surface area (Å²) in [5.41, 5.74) is 2.17. The van der Waals surface area contributed by atoms with Crippen molar-refractivity contribution in [3.63, 3.8) is 0 Å². The van der Waals surface area contributed by atoms with Crippen LogP contribution < -0.4 is 5.32 Å². The Hall–Kier alpha value is -0.850. The van der Waals surface area contributed by atoms with Gasteiger partial charge in [0.25, 0.3) is 0 Å². The molecule has 2 heterocycles. The van der Waals surface area contributed by atoms with Crippen molar-refractivity contribution in [2.75, 3.05) is 6.54 Å². The standard InChI is InChI=1S/C12H18N4S2/c1-5-13-10(12-8(3)15-16-18-12)6-11-14-7(2)9(4)17-11/h10,13H,5-6H2,1-4H3. The lowest BCUT2D eigenvalue weighted by atomic mass is 10.1. The highest BCUT2D eigenvalue weighted by molar-refractivity contribution is 7.11. The molecule has 1 N–H and O–H groups in total. The fourth-order valence-corrected chi connectivity index (χ4v) is 3.56. The lowest BCUT2D eigenvalue weighted by Crippen LogP contribution is -2.22. The van der Waals surface area contributed by atoms with Crippen molar-refractivity contribution in [3.05, 3.63) is 26.1 Å². The monoisotopic (exact) mass is 282 g/mol. The molecule has 0 aromatic carbocycles. The van der Waals surface area contributed by atoms with Gasteiger partial charge in [-0.1, -0.05) is 11.4 Å². The maximum absolute atomic E-state index is 4.61. The quantitative estimate of drug-likeness (QED) is 0.916. The average molecular weight is 282 g/mol. The van der Waals surface area contributed by atoms with Crippen molar-refractivity contribution in [3.8, 4) is 0 Å². The summed E-state index contributed by atoms with van der Waals surface area (Å²) in [5, 5.41) is 8.78. The largest absolute Gasteiger partial charge is 0.309 e. The highest BCUT2D eigenvalue weighted by Gasteiger charge is 2.18. The van der Waals surface area contributed by atoms with E-state index in [0.29, 0.717) is 0 Å². The Balaban J connectivity index is 2.19. The van der Waals surface area contributed by atoms with Gasteiger partial charge in [0.2, 0.25) is 0 Å². The number of thiazole rings is 1. The van der Waals surface area contributed by atoms with Gasteiger partial charge in [0.05, 0.1) is 27.3 Å². The van der Waals surface area contributed by atoms with E-state index in [1.807, 2.05) is 6.92 Å². The first-order valence-electron chi connectivity index (χ1n) is 6.07. The zero-order valence-corrected chi connectivity index (χ0v) is 12.8. The lowest BCUT2D eigenvalue weighted by molar-refractivity contribution is 0.553. The minimum absolute atomic E-state index is 0.278. The van der Waals surface area contributed by atoms with E-state index >= 15 is 0 Å². The minimum atomic E-state index is 0.278. The summed E-state index contributed by atoms with van der Waals surface area (Å²) in [6.07, 6.45) is 0.915. The van der Waals surface area contributed by atoms with Gasteiger partial charge < -0.3 is 5.32 Å². The van der Waals surface area contributed by atoms with Crippen LogP contribution in [0, 0.1) is 20.8 Å². The average Bonchev–Trinajstić information content (AvgIpc) is 2.86. The number of rotatable bonds is 5. The Morgan fingerprint density at radius 3 is 2.50 bits per heavy atom. The summed E-state index contributed by atoms with van der Waals surface area (Å²) in [7, 11) is 0. The molecule has 2 rings (SSSR count). The first-order chi connectivity index (χ1) is 8.61. The van der Waals surface area contributed by atoms with Crippen molar-refractivity contribution in [2.45, 2.75) is 40.2 Å². The van der Waals surface area contributed by atoms with Gasteiger partial charge in [0.1, 0.15) is 0 Å². The highest BCUT2D eigenvalue weighted by atomic mass is 32.1. The molecule has 0 spiro atoms. The number of hydrogen-bond acceptors (Lipinski definition) is 6. The predicted molar refractivity (Wildman–Crippen MR) is 76.4 cm³/mol. The Labute approximate surface area is 116 Å². The molecule has 0 aliphatic carbocycles. The summed E-state index contributed by atoms with van der Waals surface area (Å²) < 4.78 is 4.02. The normalized spacial score (nSPS) is 12.9. The van der Waals surface area contributed by atoms with E-state index < -0.39 is 0 Å². The highest BCUT2D eigenvalue weighted by Crippen LogP contribution is 2.26. The fraction of sp³-hybridized carbons (Fsp3) is 0.583. The third-order valence-corrected chi connectivity index (χ3v) is 4.94. The third-order valence-electron chi connectivity index (χ3n) is 2.91. The van der Waals surface area contributed by atoms with Crippen molar-refractivity contribution >= 4 is 22.9 Å². The van der Waals surface area contributed by atoms with Crippen molar-refractivity contribution in [1.82, 2.24) is 19.9 Å². The lowest BCUT2D eigenvalue weighted by Gasteiger charge is -2.14. The molecule has 2 aromatic heterocycles. The topological polar surface area (TPSA) is 50.7 Å². The Bertz CT molecular complexity index is 498. The predicted octanol–water partition coefficient (Wildman–Crippen LogP) is 2.81.